The Morgan fingerprint density at radius 3 is 2.86 bits per heavy atom. The summed E-state index contributed by atoms with van der Waals surface area (Å²) in [5.41, 5.74) is 5.84. The summed E-state index contributed by atoms with van der Waals surface area (Å²) in [5, 5.41) is 11.8. The van der Waals surface area contributed by atoms with Gasteiger partial charge in [-0.05, 0) is 35.2 Å². The van der Waals surface area contributed by atoms with Crippen LogP contribution < -0.4 is 5.73 Å². The van der Waals surface area contributed by atoms with Crippen LogP contribution in [0.15, 0.2) is 0 Å². The second-order valence-corrected chi connectivity index (χ2v) is 4.65. The van der Waals surface area contributed by atoms with Gasteiger partial charge in [-0.15, -0.1) is 5.10 Å². The normalized spacial score (nSPS) is 23.8. The van der Waals surface area contributed by atoms with E-state index in [1.807, 2.05) is 4.68 Å². The van der Waals surface area contributed by atoms with Gasteiger partial charge in [0.15, 0.2) is 5.82 Å². The van der Waals surface area contributed by atoms with Crippen LogP contribution in [0.2, 0.25) is 0 Å². The Morgan fingerprint density at radius 1 is 1.57 bits per heavy atom. The van der Waals surface area contributed by atoms with Crippen molar-refractivity contribution in [3.63, 3.8) is 0 Å². The van der Waals surface area contributed by atoms with Gasteiger partial charge in [0.2, 0.25) is 0 Å². The minimum atomic E-state index is 0.384. The van der Waals surface area contributed by atoms with Gasteiger partial charge in [0.25, 0.3) is 0 Å². The highest BCUT2D eigenvalue weighted by Gasteiger charge is 2.49. The van der Waals surface area contributed by atoms with Crippen molar-refractivity contribution in [2.24, 2.45) is 11.1 Å². The standard InChI is InChI=1S/C9H17N5/c1-9(2)6-7(9)8-11-12-13-14(8)5-3-4-10/h7H,3-6,10H2,1-2H3. The smallest absolute Gasteiger partial charge is 0.154 e. The highest BCUT2D eigenvalue weighted by molar-refractivity contribution is 5.14. The van der Waals surface area contributed by atoms with E-state index in [0.29, 0.717) is 17.9 Å². The lowest BCUT2D eigenvalue weighted by molar-refractivity contribution is 0.522. The molecule has 1 aromatic rings. The summed E-state index contributed by atoms with van der Waals surface area (Å²) in [6.45, 7) is 6.03. The fourth-order valence-electron chi connectivity index (χ4n) is 1.77. The minimum Gasteiger partial charge on any atom is -0.330 e. The summed E-state index contributed by atoms with van der Waals surface area (Å²) in [5.74, 6) is 1.57. The van der Waals surface area contributed by atoms with Crippen LogP contribution in [0.5, 0.6) is 0 Å². The summed E-state index contributed by atoms with van der Waals surface area (Å²) >= 11 is 0. The summed E-state index contributed by atoms with van der Waals surface area (Å²) < 4.78 is 1.90. The van der Waals surface area contributed by atoms with Crippen LogP contribution in [0.25, 0.3) is 0 Å². The molecular formula is C9H17N5. The molecule has 2 N–H and O–H groups in total. The van der Waals surface area contributed by atoms with E-state index in [1.54, 1.807) is 0 Å². The molecule has 0 aliphatic heterocycles. The van der Waals surface area contributed by atoms with E-state index in [9.17, 15) is 0 Å². The highest BCUT2D eigenvalue weighted by atomic mass is 15.5. The van der Waals surface area contributed by atoms with Crippen molar-refractivity contribution < 1.29 is 0 Å². The Morgan fingerprint density at radius 2 is 2.29 bits per heavy atom. The first-order valence-electron chi connectivity index (χ1n) is 5.11. The fraction of sp³-hybridized carbons (Fsp3) is 0.889. The third-order valence-electron chi connectivity index (χ3n) is 2.96. The second kappa shape index (κ2) is 3.31. The van der Waals surface area contributed by atoms with Crippen LogP contribution in [0.1, 0.15) is 38.4 Å². The average molecular weight is 195 g/mol. The van der Waals surface area contributed by atoms with E-state index >= 15 is 0 Å². The van der Waals surface area contributed by atoms with Gasteiger partial charge in [-0.25, -0.2) is 4.68 Å². The van der Waals surface area contributed by atoms with Crippen LogP contribution in [0, 0.1) is 5.41 Å². The number of aryl methyl sites for hydroxylation is 1. The van der Waals surface area contributed by atoms with Crippen molar-refractivity contribution in [1.29, 1.82) is 0 Å². The summed E-state index contributed by atoms with van der Waals surface area (Å²) in [4.78, 5) is 0. The van der Waals surface area contributed by atoms with Gasteiger partial charge in [-0.1, -0.05) is 13.8 Å². The number of hydrogen-bond donors (Lipinski definition) is 1. The van der Waals surface area contributed by atoms with E-state index in [4.69, 9.17) is 5.73 Å². The highest BCUT2D eigenvalue weighted by Crippen LogP contribution is 2.57. The van der Waals surface area contributed by atoms with Gasteiger partial charge < -0.3 is 5.73 Å². The van der Waals surface area contributed by atoms with Crippen molar-refractivity contribution in [1.82, 2.24) is 20.2 Å². The molecule has 2 rings (SSSR count). The zero-order valence-corrected chi connectivity index (χ0v) is 8.77. The third kappa shape index (κ3) is 1.64. The van der Waals surface area contributed by atoms with Gasteiger partial charge in [0.05, 0.1) is 0 Å². The second-order valence-electron chi connectivity index (χ2n) is 4.65. The summed E-state index contributed by atoms with van der Waals surface area (Å²) in [6.07, 6.45) is 2.13. The predicted molar refractivity (Wildman–Crippen MR) is 52.6 cm³/mol. The average Bonchev–Trinajstić information content (AvgIpc) is 2.62. The van der Waals surface area contributed by atoms with Crippen molar-refractivity contribution in [3.8, 4) is 0 Å². The molecule has 1 heterocycles. The molecule has 1 aromatic heterocycles. The SMILES string of the molecule is CC1(C)CC1c1nnnn1CCCN. The molecule has 1 aliphatic rings. The molecule has 78 valence electrons. The molecular weight excluding hydrogens is 178 g/mol. The topological polar surface area (TPSA) is 69.6 Å². The number of rotatable bonds is 4. The largest absolute Gasteiger partial charge is 0.330 e. The Bertz CT molecular complexity index is 317. The monoisotopic (exact) mass is 195 g/mol. The summed E-state index contributed by atoms with van der Waals surface area (Å²) in [6, 6.07) is 0. The molecule has 5 heteroatoms. The third-order valence-corrected chi connectivity index (χ3v) is 2.96. The van der Waals surface area contributed by atoms with Gasteiger partial charge >= 0.3 is 0 Å². The molecule has 0 bridgehead atoms. The molecule has 0 amide bonds. The minimum absolute atomic E-state index is 0.384. The molecule has 1 atom stereocenters. The maximum Gasteiger partial charge on any atom is 0.154 e. The van der Waals surface area contributed by atoms with Crippen LogP contribution in [0.3, 0.4) is 0 Å². The molecule has 14 heavy (non-hydrogen) atoms. The fourth-order valence-corrected chi connectivity index (χ4v) is 1.77. The van der Waals surface area contributed by atoms with Crippen LogP contribution in [-0.2, 0) is 6.54 Å². The summed E-state index contributed by atoms with van der Waals surface area (Å²) in [7, 11) is 0. The molecule has 0 spiro atoms. The van der Waals surface area contributed by atoms with Gasteiger partial charge in [-0.3, -0.25) is 0 Å². The van der Waals surface area contributed by atoms with Crippen molar-refractivity contribution >= 4 is 0 Å². The number of hydrogen-bond acceptors (Lipinski definition) is 4. The van der Waals surface area contributed by atoms with E-state index in [-0.39, 0.29) is 0 Å². The van der Waals surface area contributed by atoms with Crippen molar-refractivity contribution in [2.75, 3.05) is 6.54 Å². The molecule has 5 nitrogen and oxygen atoms in total. The Kier molecular flexibility index (Phi) is 2.26. The van der Waals surface area contributed by atoms with Crippen LogP contribution in [0.4, 0.5) is 0 Å². The Balaban J connectivity index is 2.07. The quantitative estimate of drug-likeness (QED) is 0.761. The number of aromatic nitrogens is 4. The Hall–Kier alpha value is -0.970. The van der Waals surface area contributed by atoms with E-state index in [0.717, 1.165) is 18.8 Å². The van der Waals surface area contributed by atoms with E-state index in [2.05, 4.69) is 29.4 Å². The predicted octanol–water partition coefficient (Wildman–Crippen LogP) is 0.535. The number of nitrogens with zero attached hydrogens (tertiary/aromatic N) is 4. The van der Waals surface area contributed by atoms with Crippen molar-refractivity contribution in [3.05, 3.63) is 5.82 Å². The lowest BCUT2D eigenvalue weighted by atomic mass is 10.1. The van der Waals surface area contributed by atoms with Crippen LogP contribution >= 0.6 is 0 Å². The first-order chi connectivity index (χ1) is 6.65. The van der Waals surface area contributed by atoms with E-state index in [1.165, 1.54) is 6.42 Å². The van der Waals surface area contributed by atoms with Crippen LogP contribution in [-0.4, -0.2) is 26.8 Å². The lowest BCUT2D eigenvalue weighted by Crippen LogP contribution is -2.10. The number of tetrazole rings is 1. The van der Waals surface area contributed by atoms with E-state index < -0.39 is 0 Å². The Labute approximate surface area is 83.7 Å². The molecule has 0 saturated heterocycles. The van der Waals surface area contributed by atoms with Crippen molar-refractivity contribution in [2.45, 2.75) is 39.2 Å². The molecule has 1 saturated carbocycles. The lowest BCUT2D eigenvalue weighted by Gasteiger charge is -2.04. The number of nitrogens with two attached hydrogens (primary N) is 1. The van der Waals surface area contributed by atoms with Gasteiger partial charge in [0, 0.05) is 12.5 Å². The molecule has 1 fully saturated rings. The molecule has 1 unspecified atom stereocenters. The first kappa shape index (κ1) is 9.58. The molecule has 1 aliphatic carbocycles. The first-order valence-corrected chi connectivity index (χ1v) is 5.11. The maximum atomic E-state index is 5.46. The molecule has 0 aromatic carbocycles. The maximum absolute atomic E-state index is 5.46. The van der Waals surface area contributed by atoms with Gasteiger partial charge in [0.1, 0.15) is 0 Å². The van der Waals surface area contributed by atoms with Gasteiger partial charge in [-0.2, -0.15) is 0 Å². The molecule has 0 radical (unpaired) electrons. The zero-order valence-electron chi connectivity index (χ0n) is 8.77. The zero-order chi connectivity index (χ0) is 10.2.